The Morgan fingerprint density at radius 2 is 1.94 bits per heavy atom. The van der Waals surface area contributed by atoms with E-state index in [4.69, 9.17) is 4.52 Å². The fraction of sp³-hybridized carbons (Fsp3) is 0.227. The maximum Gasteiger partial charge on any atom is 0.227 e. The van der Waals surface area contributed by atoms with Gasteiger partial charge in [-0.05, 0) is 31.0 Å². The van der Waals surface area contributed by atoms with Gasteiger partial charge in [-0.25, -0.2) is 4.98 Å². The van der Waals surface area contributed by atoms with E-state index in [9.17, 15) is 4.79 Å². The molecule has 0 aliphatic heterocycles. The van der Waals surface area contributed by atoms with Gasteiger partial charge in [0.25, 0.3) is 0 Å². The number of aromatic amines is 1. The highest BCUT2D eigenvalue weighted by Gasteiger charge is 2.12. The molecule has 0 unspecified atom stereocenters. The number of anilines is 1. The number of hydrogen-bond acceptors (Lipinski definition) is 7. The van der Waals surface area contributed by atoms with Gasteiger partial charge < -0.3 is 9.84 Å². The van der Waals surface area contributed by atoms with Crippen molar-refractivity contribution in [2.24, 2.45) is 0 Å². The van der Waals surface area contributed by atoms with E-state index in [2.05, 4.69) is 30.6 Å². The van der Waals surface area contributed by atoms with Gasteiger partial charge in [0, 0.05) is 24.1 Å². The molecule has 31 heavy (non-hydrogen) atoms. The molecular weight excluding hydrogens is 412 g/mol. The van der Waals surface area contributed by atoms with Crippen LogP contribution in [0.15, 0.2) is 58.2 Å². The Morgan fingerprint density at radius 1 is 1.10 bits per heavy atom. The molecule has 158 valence electrons. The Hall–Kier alpha value is -3.46. The second-order valence-corrected chi connectivity index (χ2v) is 7.96. The first-order chi connectivity index (χ1) is 15.1. The number of rotatable bonds is 8. The Labute approximate surface area is 183 Å². The van der Waals surface area contributed by atoms with E-state index >= 15 is 0 Å². The molecule has 0 radical (unpaired) electrons. The fourth-order valence-electron chi connectivity index (χ4n) is 2.94. The van der Waals surface area contributed by atoms with E-state index in [1.807, 2.05) is 62.4 Å². The zero-order chi connectivity index (χ0) is 21.6. The van der Waals surface area contributed by atoms with E-state index in [1.165, 1.54) is 11.8 Å². The number of hydrogen-bond donors (Lipinski definition) is 2. The Balaban J connectivity index is 1.26. The number of carbonyl (C=O) groups excluding carboxylic acids is 1. The number of carbonyl (C=O) groups is 1. The first-order valence-corrected chi connectivity index (χ1v) is 10.8. The lowest BCUT2D eigenvalue weighted by molar-refractivity contribution is -0.116. The van der Waals surface area contributed by atoms with Crippen LogP contribution in [0, 0.1) is 13.8 Å². The van der Waals surface area contributed by atoms with Crippen LogP contribution in [-0.2, 0) is 17.0 Å². The third-order valence-electron chi connectivity index (χ3n) is 4.80. The van der Waals surface area contributed by atoms with Crippen LogP contribution >= 0.6 is 11.8 Å². The third-order valence-corrected chi connectivity index (χ3v) is 5.64. The zero-order valence-electron chi connectivity index (χ0n) is 17.3. The number of nitrogens with zero attached hydrogens (tertiary/aromatic N) is 4. The first-order valence-electron chi connectivity index (χ1n) is 9.86. The van der Waals surface area contributed by atoms with Gasteiger partial charge in [-0.3, -0.25) is 9.89 Å². The van der Waals surface area contributed by atoms with Crippen LogP contribution in [0.1, 0.15) is 29.3 Å². The third kappa shape index (κ3) is 5.37. The molecule has 2 N–H and O–H groups in total. The highest BCUT2D eigenvalue weighted by Crippen LogP contribution is 2.22. The number of nitrogens with one attached hydrogen (secondary N) is 2. The van der Waals surface area contributed by atoms with Crippen molar-refractivity contribution in [2.75, 3.05) is 5.32 Å². The highest BCUT2D eigenvalue weighted by molar-refractivity contribution is 7.98. The molecule has 4 rings (SSSR count). The SMILES string of the molecule is Cc1cccc(NC(=O)CCc2nc(CSc3n[nH]c(-c4ccccc4)n3)no2)c1C. The predicted octanol–water partition coefficient (Wildman–Crippen LogP) is 4.34. The minimum absolute atomic E-state index is 0.0861. The monoisotopic (exact) mass is 434 g/mol. The summed E-state index contributed by atoms with van der Waals surface area (Å²) < 4.78 is 5.27. The van der Waals surface area contributed by atoms with Crippen LogP contribution in [-0.4, -0.2) is 31.2 Å². The quantitative estimate of drug-likeness (QED) is 0.397. The summed E-state index contributed by atoms with van der Waals surface area (Å²) in [6.45, 7) is 4.01. The van der Waals surface area contributed by atoms with E-state index in [-0.39, 0.29) is 12.3 Å². The van der Waals surface area contributed by atoms with Crippen LogP contribution in [0.4, 0.5) is 5.69 Å². The highest BCUT2D eigenvalue weighted by atomic mass is 32.2. The summed E-state index contributed by atoms with van der Waals surface area (Å²) >= 11 is 1.41. The lowest BCUT2D eigenvalue weighted by Gasteiger charge is -2.09. The smallest absolute Gasteiger partial charge is 0.227 e. The molecule has 0 saturated carbocycles. The summed E-state index contributed by atoms with van der Waals surface area (Å²) in [5.74, 6) is 2.08. The van der Waals surface area contributed by atoms with Gasteiger partial charge in [0.1, 0.15) is 0 Å². The van der Waals surface area contributed by atoms with Gasteiger partial charge in [0.05, 0.1) is 5.75 Å². The van der Waals surface area contributed by atoms with Crippen molar-refractivity contribution in [3.8, 4) is 11.4 Å². The summed E-state index contributed by atoms with van der Waals surface area (Å²) in [7, 11) is 0. The largest absolute Gasteiger partial charge is 0.339 e. The van der Waals surface area contributed by atoms with E-state index in [1.54, 1.807) is 0 Å². The van der Waals surface area contributed by atoms with Gasteiger partial charge in [0.15, 0.2) is 11.6 Å². The maximum absolute atomic E-state index is 12.3. The van der Waals surface area contributed by atoms with Crippen LogP contribution < -0.4 is 5.32 Å². The predicted molar refractivity (Wildman–Crippen MR) is 119 cm³/mol. The summed E-state index contributed by atoms with van der Waals surface area (Å²) in [6, 6.07) is 15.6. The molecule has 0 aliphatic rings. The Bertz CT molecular complexity index is 1170. The van der Waals surface area contributed by atoms with Gasteiger partial charge in [-0.2, -0.15) is 4.98 Å². The van der Waals surface area contributed by atoms with Crippen molar-refractivity contribution in [3.63, 3.8) is 0 Å². The second-order valence-electron chi connectivity index (χ2n) is 7.02. The van der Waals surface area contributed by atoms with Crippen molar-refractivity contribution >= 4 is 23.4 Å². The number of amides is 1. The molecule has 4 aromatic rings. The van der Waals surface area contributed by atoms with Gasteiger partial charge >= 0.3 is 0 Å². The molecular formula is C22H22N6O2S. The fourth-order valence-corrected chi connectivity index (χ4v) is 3.58. The Kier molecular flexibility index (Phi) is 6.42. The van der Waals surface area contributed by atoms with Crippen molar-refractivity contribution in [2.45, 2.75) is 37.6 Å². The number of H-pyrrole nitrogens is 1. The molecule has 2 aromatic heterocycles. The van der Waals surface area contributed by atoms with E-state index < -0.39 is 0 Å². The van der Waals surface area contributed by atoms with E-state index in [0.29, 0.717) is 34.9 Å². The van der Waals surface area contributed by atoms with Crippen LogP contribution in [0.25, 0.3) is 11.4 Å². The maximum atomic E-state index is 12.3. The van der Waals surface area contributed by atoms with Crippen molar-refractivity contribution in [1.82, 2.24) is 25.3 Å². The zero-order valence-corrected chi connectivity index (χ0v) is 18.1. The molecule has 0 saturated heterocycles. The van der Waals surface area contributed by atoms with Crippen LogP contribution in [0.5, 0.6) is 0 Å². The molecule has 0 aliphatic carbocycles. The molecule has 8 nitrogen and oxygen atoms in total. The molecule has 1 amide bonds. The number of aryl methyl sites for hydroxylation is 2. The van der Waals surface area contributed by atoms with Gasteiger partial charge in [0.2, 0.25) is 17.0 Å². The van der Waals surface area contributed by atoms with E-state index in [0.717, 1.165) is 22.4 Å². The summed E-state index contributed by atoms with van der Waals surface area (Å²) in [6.07, 6.45) is 0.649. The molecule has 0 atom stereocenters. The standard InChI is InChI=1S/C22H22N6O2S/c1-14-7-6-10-17(15(14)2)23-19(29)11-12-20-24-18(28-30-20)13-31-22-25-21(26-27-22)16-8-4-3-5-9-16/h3-10H,11-13H2,1-2H3,(H,23,29)(H,25,26,27). The number of benzene rings is 2. The van der Waals surface area contributed by atoms with Crippen molar-refractivity contribution in [1.29, 1.82) is 0 Å². The average Bonchev–Trinajstić information content (AvgIpc) is 3.44. The molecule has 0 fully saturated rings. The molecule has 2 aromatic carbocycles. The number of aromatic nitrogens is 5. The van der Waals surface area contributed by atoms with Crippen LogP contribution in [0.2, 0.25) is 0 Å². The molecule has 2 heterocycles. The topological polar surface area (TPSA) is 110 Å². The average molecular weight is 435 g/mol. The minimum Gasteiger partial charge on any atom is -0.339 e. The Morgan fingerprint density at radius 3 is 2.77 bits per heavy atom. The second kappa shape index (κ2) is 9.57. The lowest BCUT2D eigenvalue weighted by Crippen LogP contribution is -2.13. The lowest BCUT2D eigenvalue weighted by atomic mass is 10.1. The normalized spacial score (nSPS) is 10.9. The minimum atomic E-state index is -0.0861. The van der Waals surface area contributed by atoms with Gasteiger partial charge in [-0.1, -0.05) is 59.4 Å². The van der Waals surface area contributed by atoms with Crippen LogP contribution in [0.3, 0.4) is 0 Å². The molecule has 0 bridgehead atoms. The number of thioether (sulfide) groups is 1. The summed E-state index contributed by atoms with van der Waals surface area (Å²) in [5, 5.41) is 14.7. The summed E-state index contributed by atoms with van der Waals surface area (Å²) in [5.41, 5.74) is 4.01. The molecule has 9 heteroatoms. The van der Waals surface area contributed by atoms with Crippen molar-refractivity contribution < 1.29 is 9.32 Å². The first kappa shape index (κ1) is 20.8. The summed E-state index contributed by atoms with van der Waals surface area (Å²) in [4.78, 5) is 21.1. The van der Waals surface area contributed by atoms with Gasteiger partial charge in [-0.15, -0.1) is 5.10 Å². The van der Waals surface area contributed by atoms with Crippen molar-refractivity contribution in [3.05, 3.63) is 71.4 Å². The molecule has 0 spiro atoms.